The summed E-state index contributed by atoms with van der Waals surface area (Å²) in [6.07, 6.45) is 0. The van der Waals surface area contributed by atoms with Crippen LogP contribution in [0.5, 0.6) is 0 Å². The zero-order valence-corrected chi connectivity index (χ0v) is 12.0. The second-order valence-electron chi connectivity index (χ2n) is 4.70. The Kier molecular flexibility index (Phi) is 3.28. The Morgan fingerprint density at radius 2 is 1.80 bits per heavy atom. The highest BCUT2D eigenvalue weighted by Gasteiger charge is 2.12. The van der Waals surface area contributed by atoms with E-state index in [-0.39, 0.29) is 0 Å². The highest BCUT2D eigenvalue weighted by Crippen LogP contribution is 2.27. The van der Waals surface area contributed by atoms with Gasteiger partial charge in [0, 0.05) is 16.1 Å². The second-order valence-corrected chi connectivity index (χ2v) is 5.11. The van der Waals surface area contributed by atoms with Gasteiger partial charge in [0.2, 0.25) is 5.82 Å². The molecule has 3 aromatic rings. The van der Waals surface area contributed by atoms with Gasteiger partial charge in [-0.15, -0.1) is 0 Å². The zero-order chi connectivity index (χ0) is 14.1. The number of aryl methyl sites for hydroxylation is 2. The maximum Gasteiger partial charge on any atom is 0.258 e. The van der Waals surface area contributed by atoms with Gasteiger partial charge in [0.25, 0.3) is 5.89 Å². The normalized spacial score (nSPS) is 10.8. The molecule has 3 nitrogen and oxygen atoms in total. The summed E-state index contributed by atoms with van der Waals surface area (Å²) in [5.41, 5.74) is 3.93. The van der Waals surface area contributed by atoms with E-state index in [9.17, 15) is 0 Å². The molecule has 0 unspecified atom stereocenters. The highest BCUT2D eigenvalue weighted by atomic mass is 35.5. The molecule has 100 valence electrons. The van der Waals surface area contributed by atoms with Crippen molar-refractivity contribution in [1.82, 2.24) is 10.1 Å². The van der Waals surface area contributed by atoms with Crippen molar-refractivity contribution in [3.05, 3.63) is 58.6 Å². The molecule has 0 N–H and O–H groups in total. The lowest BCUT2D eigenvalue weighted by Gasteiger charge is -1.99. The molecule has 1 heterocycles. The van der Waals surface area contributed by atoms with E-state index in [0.29, 0.717) is 16.7 Å². The van der Waals surface area contributed by atoms with Gasteiger partial charge in [-0.25, -0.2) is 0 Å². The van der Waals surface area contributed by atoms with Crippen molar-refractivity contribution < 1.29 is 4.52 Å². The third-order valence-corrected chi connectivity index (χ3v) is 3.64. The van der Waals surface area contributed by atoms with Gasteiger partial charge < -0.3 is 4.52 Å². The Morgan fingerprint density at radius 1 is 1.00 bits per heavy atom. The molecule has 20 heavy (non-hydrogen) atoms. The first-order chi connectivity index (χ1) is 9.65. The fourth-order valence-electron chi connectivity index (χ4n) is 1.99. The quantitative estimate of drug-likeness (QED) is 0.686. The fourth-order valence-corrected chi connectivity index (χ4v) is 2.18. The van der Waals surface area contributed by atoms with E-state index in [1.807, 2.05) is 56.3 Å². The van der Waals surface area contributed by atoms with Crippen LogP contribution in [0.1, 0.15) is 11.1 Å². The summed E-state index contributed by atoms with van der Waals surface area (Å²) in [5, 5.41) is 4.73. The van der Waals surface area contributed by atoms with E-state index in [2.05, 4.69) is 10.1 Å². The van der Waals surface area contributed by atoms with Crippen LogP contribution in [0, 0.1) is 13.8 Å². The van der Waals surface area contributed by atoms with Gasteiger partial charge in [-0.2, -0.15) is 4.98 Å². The first kappa shape index (κ1) is 12.9. The minimum Gasteiger partial charge on any atom is -0.334 e. The average Bonchev–Trinajstić information content (AvgIpc) is 2.92. The molecule has 0 aliphatic heterocycles. The topological polar surface area (TPSA) is 38.9 Å². The molecule has 2 aromatic carbocycles. The van der Waals surface area contributed by atoms with E-state index >= 15 is 0 Å². The first-order valence-corrected chi connectivity index (χ1v) is 6.69. The van der Waals surface area contributed by atoms with Crippen LogP contribution < -0.4 is 0 Å². The molecule has 0 saturated heterocycles. The van der Waals surface area contributed by atoms with Gasteiger partial charge in [0.05, 0.1) is 0 Å². The summed E-state index contributed by atoms with van der Waals surface area (Å²) in [5.74, 6) is 1.07. The predicted octanol–water partition coefficient (Wildman–Crippen LogP) is 4.67. The Morgan fingerprint density at radius 3 is 2.55 bits per heavy atom. The molecule has 3 rings (SSSR count). The molecular formula is C16H13ClN2O. The minimum atomic E-state index is 0.523. The smallest absolute Gasteiger partial charge is 0.258 e. The van der Waals surface area contributed by atoms with Gasteiger partial charge in [0.1, 0.15) is 0 Å². The van der Waals surface area contributed by atoms with Crippen LogP contribution in [0.4, 0.5) is 0 Å². The van der Waals surface area contributed by atoms with Crippen molar-refractivity contribution in [2.45, 2.75) is 13.8 Å². The Hall–Kier alpha value is -2.13. The van der Waals surface area contributed by atoms with Gasteiger partial charge in [-0.05, 0) is 37.1 Å². The summed E-state index contributed by atoms with van der Waals surface area (Å²) in [7, 11) is 0. The van der Waals surface area contributed by atoms with Crippen molar-refractivity contribution in [3.8, 4) is 22.8 Å². The minimum absolute atomic E-state index is 0.523. The van der Waals surface area contributed by atoms with Gasteiger partial charge in [0.15, 0.2) is 0 Å². The number of hydrogen-bond donors (Lipinski definition) is 0. The van der Waals surface area contributed by atoms with E-state index in [0.717, 1.165) is 22.3 Å². The Bertz CT molecular complexity index is 765. The largest absolute Gasteiger partial charge is 0.334 e. The van der Waals surface area contributed by atoms with E-state index in [1.165, 1.54) is 0 Å². The van der Waals surface area contributed by atoms with Crippen LogP contribution in [-0.4, -0.2) is 10.1 Å². The molecule has 0 fully saturated rings. The SMILES string of the molecule is Cc1ccc(-c2noc(-c3ccccc3C)n2)cc1Cl. The molecule has 4 heteroatoms. The van der Waals surface area contributed by atoms with Gasteiger partial charge in [-0.1, -0.05) is 47.1 Å². The zero-order valence-electron chi connectivity index (χ0n) is 11.2. The van der Waals surface area contributed by atoms with Gasteiger partial charge >= 0.3 is 0 Å². The van der Waals surface area contributed by atoms with Crippen LogP contribution in [0.15, 0.2) is 47.0 Å². The number of benzene rings is 2. The number of rotatable bonds is 2. The standard InChI is InChI=1S/C16H13ClN2O/c1-10-5-3-4-6-13(10)16-18-15(19-20-16)12-8-7-11(2)14(17)9-12/h3-9H,1-2H3. The summed E-state index contributed by atoms with van der Waals surface area (Å²) in [6.45, 7) is 3.98. The number of aromatic nitrogens is 2. The molecular weight excluding hydrogens is 272 g/mol. The predicted molar refractivity (Wildman–Crippen MR) is 79.7 cm³/mol. The monoisotopic (exact) mass is 284 g/mol. The maximum atomic E-state index is 6.13. The van der Waals surface area contributed by atoms with Crippen molar-refractivity contribution in [2.75, 3.05) is 0 Å². The van der Waals surface area contributed by atoms with E-state index in [4.69, 9.17) is 16.1 Å². The average molecular weight is 285 g/mol. The molecule has 0 atom stereocenters. The summed E-state index contributed by atoms with van der Waals surface area (Å²) in [4.78, 5) is 4.45. The molecule has 0 aliphatic rings. The van der Waals surface area contributed by atoms with E-state index < -0.39 is 0 Å². The first-order valence-electron chi connectivity index (χ1n) is 6.31. The third kappa shape index (κ3) is 2.32. The molecule has 0 bridgehead atoms. The van der Waals surface area contributed by atoms with Crippen molar-refractivity contribution in [3.63, 3.8) is 0 Å². The van der Waals surface area contributed by atoms with Crippen LogP contribution in [0.2, 0.25) is 5.02 Å². The molecule has 0 amide bonds. The van der Waals surface area contributed by atoms with Crippen LogP contribution in [0.3, 0.4) is 0 Å². The number of nitrogens with zero attached hydrogens (tertiary/aromatic N) is 2. The van der Waals surface area contributed by atoms with Crippen molar-refractivity contribution in [1.29, 1.82) is 0 Å². The number of hydrogen-bond acceptors (Lipinski definition) is 3. The summed E-state index contributed by atoms with van der Waals surface area (Å²) >= 11 is 6.13. The highest BCUT2D eigenvalue weighted by molar-refractivity contribution is 6.31. The van der Waals surface area contributed by atoms with Crippen LogP contribution in [0.25, 0.3) is 22.8 Å². The summed E-state index contributed by atoms with van der Waals surface area (Å²) < 4.78 is 5.35. The lowest BCUT2D eigenvalue weighted by molar-refractivity contribution is 0.432. The van der Waals surface area contributed by atoms with Gasteiger partial charge in [-0.3, -0.25) is 0 Å². The Balaban J connectivity index is 2.02. The van der Waals surface area contributed by atoms with Crippen LogP contribution in [-0.2, 0) is 0 Å². The molecule has 0 saturated carbocycles. The fraction of sp³-hybridized carbons (Fsp3) is 0.125. The van der Waals surface area contributed by atoms with Crippen molar-refractivity contribution >= 4 is 11.6 Å². The van der Waals surface area contributed by atoms with Crippen molar-refractivity contribution in [2.24, 2.45) is 0 Å². The molecule has 0 radical (unpaired) electrons. The summed E-state index contributed by atoms with van der Waals surface area (Å²) in [6, 6.07) is 13.7. The van der Waals surface area contributed by atoms with Crippen LogP contribution >= 0.6 is 11.6 Å². The third-order valence-electron chi connectivity index (χ3n) is 3.23. The molecule has 0 aliphatic carbocycles. The van der Waals surface area contributed by atoms with E-state index in [1.54, 1.807) is 0 Å². The second kappa shape index (κ2) is 5.10. The lowest BCUT2D eigenvalue weighted by Crippen LogP contribution is -1.84. The molecule has 0 spiro atoms. The maximum absolute atomic E-state index is 6.13. The lowest BCUT2D eigenvalue weighted by atomic mass is 10.1. The molecule has 1 aromatic heterocycles. The number of halogens is 1. The Labute approximate surface area is 122 Å².